The molecule has 0 saturated heterocycles. The van der Waals surface area contributed by atoms with Crippen molar-refractivity contribution in [1.29, 1.82) is 0 Å². The molecule has 186 valence electrons. The number of H-pyrrole nitrogens is 2. The van der Waals surface area contributed by atoms with Gasteiger partial charge in [0.2, 0.25) is 5.82 Å². The molecule has 2 aromatic carbocycles. The SMILES string of the molecule is O=C(O)c1c(-c2ccc[nH]c2=O)c2c3occc3c(F)cc2n1Cc1ccc2nc(C(F)(F)F)[nH]c2c1. The number of aromatic nitrogens is 4. The summed E-state index contributed by atoms with van der Waals surface area (Å²) in [6, 6.07) is 9.79. The van der Waals surface area contributed by atoms with Crippen molar-refractivity contribution in [2.45, 2.75) is 12.7 Å². The van der Waals surface area contributed by atoms with Gasteiger partial charge < -0.3 is 24.1 Å². The molecule has 0 unspecified atom stereocenters. The second kappa shape index (κ2) is 7.82. The molecule has 0 fully saturated rings. The first kappa shape index (κ1) is 22.6. The number of benzene rings is 2. The van der Waals surface area contributed by atoms with Gasteiger partial charge in [0.25, 0.3) is 5.56 Å². The number of nitrogens with zero attached hydrogens (tertiary/aromatic N) is 2. The lowest BCUT2D eigenvalue weighted by Crippen LogP contribution is -2.13. The van der Waals surface area contributed by atoms with E-state index in [2.05, 4.69) is 15.0 Å². The number of imidazole rings is 1. The highest BCUT2D eigenvalue weighted by molar-refractivity contribution is 6.17. The predicted molar refractivity (Wildman–Crippen MR) is 125 cm³/mol. The van der Waals surface area contributed by atoms with Gasteiger partial charge in [-0.05, 0) is 42.0 Å². The molecule has 3 N–H and O–H groups in total. The van der Waals surface area contributed by atoms with Crippen LogP contribution < -0.4 is 5.56 Å². The summed E-state index contributed by atoms with van der Waals surface area (Å²) in [4.78, 5) is 33.6. The third-order valence-electron chi connectivity index (χ3n) is 6.16. The summed E-state index contributed by atoms with van der Waals surface area (Å²) >= 11 is 0. The predicted octanol–water partition coefficient (Wildman–Crippen LogP) is 5.52. The quantitative estimate of drug-likeness (QED) is 0.270. The molecule has 37 heavy (non-hydrogen) atoms. The highest BCUT2D eigenvalue weighted by atomic mass is 19.4. The molecule has 0 radical (unpaired) electrons. The van der Waals surface area contributed by atoms with Gasteiger partial charge in [0.05, 0.1) is 39.1 Å². The Bertz CT molecular complexity index is 1930. The number of alkyl halides is 3. The van der Waals surface area contributed by atoms with Gasteiger partial charge in [0.15, 0.2) is 0 Å². The molecular weight excluding hydrogens is 496 g/mol. The van der Waals surface area contributed by atoms with E-state index >= 15 is 4.39 Å². The molecule has 0 spiro atoms. The molecule has 0 bridgehead atoms. The number of aromatic amines is 2. The van der Waals surface area contributed by atoms with Crippen LogP contribution in [0.1, 0.15) is 21.9 Å². The Morgan fingerprint density at radius 2 is 1.97 bits per heavy atom. The second-order valence-corrected chi connectivity index (χ2v) is 8.38. The maximum Gasteiger partial charge on any atom is 0.449 e. The van der Waals surface area contributed by atoms with E-state index in [4.69, 9.17) is 4.42 Å². The Balaban J connectivity index is 1.65. The van der Waals surface area contributed by atoms with Gasteiger partial charge in [-0.15, -0.1) is 0 Å². The summed E-state index contributed by atoms with van der Waals surface area (Å²) in [6.07, 6.45) is -2.02. The fourth-order valence-corrected chi connectivity index (χ4v) is 4.64. The number of pyridine rings is 1. The van der Waals surface area contributed by atoms with Crippen LogP contribution in [0.4, 0.5) is 17.6 Å². The summed E-state index contributed by atoms with van der Waals surface area (Å²) in [7, 11) is 0. The van der Waals surface area contributed by atoms with Crippen LogP contribution in [-0.4, -0.2) is 30.6 Å². The first-order valence-electron chi connectivity index (χ1n) is 10.8. The molecule has 0 saturated carbocycles. The van der Waals surface area contributed by atoms with Crippen LogP contribution in [0.5, 0.6) is 0 Å². The van der Waals surface area contributed by atoms with Crippen molar-refractivity contribution in [2.75, 3.05) is 0 Å². The molecule has 0 atom stereocenters. The van der Waals surface area contributed by atoms with Crippen LogP contribution in [0.2, 0.25) is 0 Å². The molecular formula is C25H14F4N4O4. The van der Waals surface area contributed by atoms with Crippen LogP contribution in [0.15, 0.2) is 64.1 Å². The molecule has 0 aliphatic heterocycles. The third-order valence-corrected chi connectivity index (χ3v) is 6.16. The van der Waals surface area contributed by atoms with E-state index in [0.29, 0.717) is 5.56 Å². The van der Waals surface area contributed by atoms with E-state index in [1.165, 1.54) is 53.4 Å². The lowest BCUT2D eigenvalue weighted by atomic mass is 10.0. The van der Waals surface area contributed by atoms with E-state index in [9.17, 15) is 27.9 Å². The lowest BCUT2D eigenvalue weighted by molar-refractivity contribution is -0.144. The average molecular weight is 510 g/mol. The number of carboxylic acids is 1. The van der Waals surface area contributed by atoms with Crippen molar-refractivity contribution in [2.24, 2.45) is 0 Å². The van der Waals surface area contributed by atoms with Crippen molar-refractivity contribution in [3.05, 3.63) is 88.2 Å². The zero-order valence-electron chi connectivity index (χ0n) is 18.5. The molecule has 12 heteroatoms. The van der Waals surface area contributed by atoms with Crippen molar-refractivity contribution < 1.29 is 31.9 Å². The smallest absolute Gasteiger partial charge is 0.449 e. The number of hydrogen-bond donors (Lipinski definition) is 3. The van der Waals surface area contributed by atoms with Crippen LogP contribution in [0, 0.1) is 5.82 Å². The van der Waals surface area contributed by atoms with Gasteiger partial charge in [-0.2, -0.15) is 13.2 Å². The normalized spacial score (nSPS) is 12.2. The van der Waals surface area contributed by atoms with E-state index < -0.39 is 29.3 Å². The third kappa shape index (κ3) is 3.48. The number of carbonyl (C=O) groups is 1. The maximum atomic E-state index is 15.0. The van der Waals surface area contributed by atoms with Crippen molar-refractivity contribution in [3.8, 4) is 11.1 Å². The van der Waals surface area contributed by atoms with Crippen LogP contribution in [-0.2, 0) is 12.7 Å². The van der Waals surface area contributed by atoms with Crippen LogP contribution in [0.3, 0.4) is 0 Å². The summed E-state index contributed by atoms with van der Waals surface area (Å²) in [6.45, 7) is -0.162. The number of furan rings is 1. The minimum atomic E-state index is -4.67. The highest BCUT2D eigenvalue weighted by Gasteiger charge is 2.35. The Labute approximate surface area is 202 Å². The van der Waals surface area contributed by atoms with E-state index in [1.807, 2.05) is 0 Å². The van der Waals surface area contributed by atoms with Gasteiger partial charge in [-0.3, -0.25) is 4.79 Å². The number of nitrogens with one attached hydrogen (secondary N) is 2. The summed E-state index contributed by atoms with van der Waals surface area (Å²) in [5.74, 6) is -3.22. The first-order chi connectivity index (χ1) is 17.6. The fraction of sp³-hybridized carbons (Fsp3) is 0.0800. The van der Waals surface area contributed by atoms with E-state index in [1.54, 1.807) is 0 Å². The minimum absolute atomic E-state index is 0.0336. The summed E-state index contributed by atoms with van der Waals surface area (Å²) in [5, 5.41) is 10.6. The van der Waals surface area contributed by atoms with Crippen molar-refractivity contribution in [1.82, 2.24) is 19.5 Å². The first-order valence-corrected chi connectivity index (χ1v) is 10.8. The molecule has 6 aromatic rings. The van der Waals surface area contributed by atoms with E-state index in [0.717, 1.165) is 6.07 Å². The number of carboxylic acid groups (broad SMARTS) is 1. The topological polar surface area (TPSA) is 117 Å². The Hall–Kier alpha value is -4.87. The van der Waals surface area contributed by atoms with Gasteiger partial charge >= 0.3 is 12.1 Å². The van der Waals surface area contributed by atoms with Gasteiger partial charge in [0.1, 0.15) is 17.1 Å². The van der Waals surface area contributed by atoms with Gasteiger partial charge in [-0.1, -0.05) is 6.07 Å². The number of hydrogen-bond acceptors (Lipinski definition) is 4. The number of aromatic carboxylic acids is 1. The molecule has 8 nitrogen and oxygen atoms in total. The summed E-state index contributed by atoms with van der Waals surface area (Å²) < 4.78 is 61.1. The highest BCUT2D eigenvalue weighted by Crippen LogP contribution is 2.40. The molecule has 0 aliphatic rings. The standard InChI is InChI=1S/C25H14F4N4O4/c26-14-9-17-19(21-12(14)5-7-37-21)18(13-2-1-6-30-22(13)34)20(23(35)36)33(17)10-11-3-4-15-16(8-11)32-24(31-15)25(27,28)29/h1-9H,10H2,(H,30,34)(H,31,32)(H,35,36). The molecule has 0 amide bonds. The van der Waals surface area contributed by atoms with Crippen molar-refractivity contribution in [3.63, 3.8) is 0 Å². The Morgan fingerprint density at radius 3 is 2.70 bits per heavy atom. The Morgan fingerprint density at radius 1 is 1.16 bits per heavy atom. The van der Waals surface area contributed by atoms with Crippen molar-refractivity contribution >= 4 is 38.9 Å². The monoisotopic (exact) mass is 510 g/mol. The second-order valence-electron chi connectivity index (χ2n) is 8.38. The fourth-order valence-electron chi connectivity index (χ4n) is 4.64. The molecule has 4 heterocycles. The zero-order valence-corrected chi connectivity index (χ0v) is 18.5. The number of halogens is 4. The van der Waals surface area contributed by atoms with E-state index in [-0.39, 0.29) is 56.3 Å². The molecule has 4 aromatic heterocycles. The van der Waals surface area contributed by atoms with Crippen LogP contribution in [0.25, 0.3) is 44.0 Å². The lowest BCUT2D eigenvalue weighted by Gasteiger charge is -2.10. The number of rotatable bonds is 4. The van der Waals surface area contributed by atoms with Gasteiger partial charge in [-0.25, -0.2) is 14.2 Å². The maximum absolute atomic E-state index is 15.0. The number of fused-ring (bicyclic) bond motifs is 4. The largest absolute Gasteiger partial charge is 0.477 e. The molecule has 6 rings (SSSR count). The van der Waals surface area contributed by atoms with Gasteiger partial charge in [0, 0.05) is 18.3 Å². The van der Waals surface area contributed by atoms with Crippen LogP contribution >= 0.6 is 0 Å². The average Bonchev–Trinajstić information content (AvgIpc) is 3.55. The minimum Gasteiger partial charge on any atom is -0.477 e. The Kier molecular flexibility index (Phi) is 4.77. The summed E-state index contributed by atoms with van der Waals surface area (Å²) in [5.41, 5.74) is -0.0213. The molecule has 0 aliphatic carbocycles. The zero-order chi connectivity index (χ0) is 26.1.